The van der Waals surface area contributed by atoms with Crippen molar-refractivity contribution in [2.45, 2.75) is 23.9 Å². The largest absolute Gasteiger partial charge is 0.351 e. The molecule has 5 nitrogen and oxygen atoms in total. The van der Waals surface area contributed by atoms with Crippen molar-refractivity contribution in [2.75, 3.05) is 12.0 Å². The van der Waals surface area contributed by atoms with Gasteiger partial charge in [-0.1, -0.05) is 40.9 Å². The lowest BCUT2D eigenvalue weighted by Gasteiger charge is -2.18. The molecule has 1 amide bonds. The summed E-state index contributed by atoms with van der Waals surface area (Å²) in [5.41, 5.74) is 0.684. The Bertz CT molecular complexity index is 922. The van der Waals surface area contributed by atoms with Crippen LogP contribution in [0.5, 0.6) is 0 Å². The lowest BCUT2D eigenvalue weighted by Crippen LogP contribution is -2.46. The van der Waals surface area contributed by atoms with E-state index in [1.165, 1.54) is 36.0 Å². The van der Waals surface area contributed by atoms with E-state index in [2.05, 4.69) is 10.0 Å². The second-order valence-electron chi connectivity index (χ2n) is 5.86. The van der Waals surface area contributed by atoms with Gasteiger partial charge in [0, 0.05) is 21.6 Å². The molecule has 28 heavy (non-hydrogen) atoms. The van der Waals surface area contributed by atoms with E-state index in [0.29, 0.717) is 32.8 Å². The van der Waals surface area contributed by atoms with Gasteiger partial charge in [0.05, 0.1) is 4.90 Å². The van der Waals surface area contributed by atoms with Gasteiger partial charge in [0.25, 0.3) is 0 Å². The number of halogens is 3. The van der Waals surface area contributed by atoms with Crippen molar-refractivity contribution in [1.82, 2.24) is 10.0 Å². The fourth-order valence-electron chi connectivity index (χ4n) is 2.32. The number of sulfonamides is 1. The van der Waals surface area contributed by atoms with E-state index in [1.54, 1.807) is 18.2 Å². The van der Waals surface area contributed by atoms with Crippen LogP contribution in [0.15, 0.2) is 47.4 Å². The molecule has 10 heteroatoms. The van der Waals surface area contributed by atoms with Crippen LogP contribution in [-0.2, 0) is 21.4 Å². The molecule has 2 N–H and O–H groups in total. The molecule has 0 radical (unpaired) electrons. The van der Waals surface area contributed by atoms with Crippen LogP contribution in [-0.4, -0.2) is 32.4 Å². The van der Waals surface area contributed by atoms with Crippen molar-refractivity contribution >= 4 is 62.5 Å². The number of carbonyl (C=O) groups is 1. The summed E-state index contributed by atoms with van der Waals surface area (Å²) in [6.45, 7) is 0.160. The maximum absolute atomic E-state index is 12.6. The summed E-state index contributed by atoms with van der Waals surface area (Å²) in [7, 11) is -3.87. The van der Waals surface area contributed by atoms with Crippen molar-refractivity contribution < 1.29 is 13.2 Å². The topological polar surface area (TPSA) is 75.3 Å². The van der Waals surface area contributed by atoms with Gasteiger partial charge < -0.3 is 5.32 Å². The molecule has 0 saturated carbocycles. The molecule has 2 aromatic carbocycles. The van der Waals surface area contributed by atoms with Crippen molar-refractivity contribution in [3.8, 4) is 0 Å². The average molecular weight is 482 g/mol. The molecule has 2 rings (SSSR count). The zero-order valence-corrected chi connectivity index (χ0v) is 18.8. The van der Waals surface area contributed by atoms with Gasteiger partial charge in [-0.25, -0.2) is 8.42 Å². The van der Waals surface area contributed by atoms with Crippen LogP contribution >= 0.6 is 46.6 Å². The third kappa shape index (κ3) is 6.83. The Labute approximate surface area is 184 Å². The van der Waals surface area contributed by atoms with Gasteiger partial charge in [-0.3, -0.25) is 4.79 Å². The van der Waals surface area contributed by atoms with Crippen LogP contribution in [0.25, 0.3) is 0 Å². The van der Waals surface area contributed by atoms with Crippen molar-refractivity contribution in [3.05, 3.63) is 63.1 Å². The molecular weight excluding hydrogens is 463 g/mol. The molecule has 0 heterocycles. The average Bonchev–Trinajstić information content (AvgIpc) is 2.64. The Morgan fingerprint density at radius 1 is 1.07 bits per heavy atom. The van der Waals surface area contributed by atoms with E-state index in [9.17, 15) is 13.2 Å². The first-order valence-electron chi connectivity index (χ1n) is 8.21. The summed E-state index contributed by atoms with van der Waals surface area (Å²) in [6, 6.07) is 9.79. The fraction of sp³-hybridized carbons (Fsp3) is 0.278. The lowest BCUT2D eigenvalue weighted by atomic mass is 10.2. The highest BCUT2D eigenvalue weighted by Crippen LogP contribution is 2.21. The summed E-state index contributed by atoms with van der Waals surface area (Å²) in [5.74, 6) is 0.181. The Kier molecular flexibility index (Phi) is 8.92. The quantitative estimate of drug-likeness (QED) is 0.558. The fourth-order valence-corrected chi connectivity index (χ4v) is 4.62. The van der Waals surface area contributed by atoms with Crippen LogP contribution in [0.4, 0.5) is 0 Å². The summed E-state index contributed by atoms with van der Waals surface area (Å²) in [6.07, 6.45) is 2.23. The van der Waals surface area contributed by atoms with Gasteiger partial charge in [-0.05, 0) is 60.4 Å². The zero-order valence-electron chi connectivity index (χ0n) is 14.9. The number of carbonyl (C=O) groups excluding carboxylic acids is 1. The molecule has 1 atom stereocenters. The first-order chi connectivity index (χ1) is 13.2. The molecule has 0 aliphatic rings. The van der Waals surface area contributed by atoms with E-state index >= 15 is 0 Å². The summed E-state index contributed by atoms with van der Waals surface area (Å²) in [5, 5.41) is 4.07. The molecule has 152 valence electrons. The van der Waals surface area contributed by atoms with Crippen molar-refractivity contribution in [2.24, 2.45) is 0 Å². The number of hydrogen-bond donors (Lipinski definition) is 2. The Hall–Kier alpha value is -0.960. The molecule has 0 fully saturated rings. The Morgan fingerprint density at radius 2 is 1.71 bits per heavy atom. The van der Waals surface area contributed by atoms with Gasteiger partial charge in [0.15, 0.2) is 0 Å². The number of nitrogens with one attached hydrogen (secondary N) is 2. The van der Waals surface area contributed by atoms with Gasteiger partial charge in [0.1, 0.15) is 6.04 Å². The molecule has 0 saturated heterocycles. The third-order valence-electron chi connectivity index (χ3n) is 3.82. The second-order valence-corrected chi connectivity index (χ2v) is 9.84. The normalized spacial score (nSPS) is 12.6. The van der Waals surface area contributed by atoms with Crippen molar-refractivity contribution in [3.63, 3.8) is 0 Å². The van der Waals surface area contributed by atoms with Gasteiger partial charge in [-0.15, -0.1) is 0 Å². The Morgan fingerprint density at radius 3 is 2.32 bits per heavy atom. The molecular formula is C18H19Cl3N2O3S2. The molecule has 1 unspecified atom stereocenters. The first kappa shape index (κ1) is 23.3. The van der Waals surface area contributed by atoms with Crippen molar-refractivity contribution in [1.29, 1.82) is 0 Å². The summed E-state index contributed by atoms with van der Waals surface area (Å²) >= 11 is 19.3. The Balaban J connectivity index is 2.10. The maximum Gasteiger partial charge on any atom is 0.241 e. The summed E-state index contributed by atoms with van der Waals surface area (Å²) in [4.78, 5) is 12.7. The highest BCUT2D eigenvalue weighted by molar-refractivity contribution is 7.98. The summed E-state index contributed by atoms with van der Waals surface area (Å²) < 4.78 is 27.7. The van der Waals surface area contributed by atoms with E-state index in [0.717, 1.165) is 0 Å². The molecule has 2 aromatic rings. The van der Waals surface area contributed by atoms with Gasteiger partial charge in [-0.2, -0.15) is 16.5 Å². The minimum Gasteiger partial charge on any atom is -0.351 e. The highest BCUT2D eigenvalue weighted by Gasteiger charge is 2.25. The third-order valence-corrected chi connectivity index (χ3v) is 6.79. The molecule has 0 aromatic heterocycles. The van der Waals surface area contributed by atoms with E-state index in [4.69, 9.17) is 34.8 Å². The van der Waals surface area contributed by atoms with E-state index < -0.39 is 22.0 Å². The van der Waals surface area contributed by atoms with Crippen LogP contribution in [0.1, 0.15) is 12.0 Å². The number of thioether (sulfide) groups is 1. The zero-order chi connectivity index (χ0) is 20.7. The smallest absolute Gasteiger partial charge is 0.241 e. The number of hydrogen-bond acceptors (Lipinski definition) is 4. The minimum absolute atomic E-state index is 0.0413. The molecule has 0 bridgehead atoms. The van der Waals surface area contributed by atoms with Gasteiger partial charge >= 0.3 is 0 Å². The second kappa shape index (κ2) is 10.7. The van der Waals surface area contributed by atoms with E-state index in [-0.39, 0.29) is 11.4 Å². The lowest BCUT2D eigenvalue weighted by molar-refractivity contribution is -0.122. The predicted molar refractivity (Wildman–Crippen MR) is 117 cm³/mol. The van der Waals surface area contributed by atoms with Crippen LogP contribution < -0.4 is 10.0 Å². The van der Waals surface area contributed by atoms with Crippen LogP contribution in [0, 0.1) is 0 Å². The minimum atomic E-state index is -3.87. The predicted octanol–water partition coefficient (Wildman–Crippen LogP) is 4.36. The SMILES string of the molecule is CSCCC(NS(=O)(=O)c1ccc(Cl)cc1)C(=O)NCc1ccc(Cl)cc1Cl. The number of benzene rings is 2. The standard InChI is InChI=1S/C18H19Cl3N2O3S2/c1-27-9-8-17(23-28(25,26)15-6-4-13(19)5-7-15)18(24)22-11-12-2-3-14(20)10-16(12)21/h2-7,10,17,23H,8-9,11H2,1H3,(H,22,24). The monoisotopic (exact) mass is 480 g/mol. The number of amides is 1. The number of rotatable bonds is 9. The molecule has 0 aliphatic carbocycles. The van der Waals surface area contributed by atoms with Gasteiger partial charge in [0.2, 0.25) is 15.9 Å². The van der Waals surface area contributed by atoms with Crippen LogP contribution in [0.2, 0.25) is 15.1 Å². The first-order valence-corrected chi connectivity index (χ1v) is 12.2. The maximum atomic E-state index is 12.6. The molecule has 0 spiro atoms. The van der Waals surface area contributed by atoms with E-state index in [1.807, 2.05) is 6.26 Å². The van der Waals surface area contributed by atoms with Crippen LogP contribution in [0.3, 0.4) is 0 Å². The highest BCUT2D eigenvalue weighted by atomic mass is 35.5. The molecule has 0 aliphatic heterocycles.